The molecule has 2 bridgehead atoms. The van der Waals surface area contributed by atoms with Gasteiger partial charge >= 0.3 is 5.97 Å². The Labute approximate surface area is 127 Å². The van der Waals surface area contributed by atoms with Gasteiger partial charge in [0.1, 0.15) is 5.82 Å². The lowest BCUT2D eigenvalue weighted by Gasteiger charge is -2.28. The van der Waals surface area contributed by atoms with Crippen molar-refractivity contribution in [3.05, 3.63) is 42.1 Å². The lowest BCUT2D eigenvalue weighted by molar-refractivity contribution is 0.0690. The molecule has 2 aromatic rings. The number of piperazine rings is 1. The predicted octanol–water partition coefficient (Wildman–Crippen LogP) is 1.39. The van der Waals surface area contributed by atoms with Crippen molar-refractivity contribution in [3.63, 3.8) is 0 Å². The van der Waals surface area contributed by atoms with Crippen LogP contribution in [-0.4, -0.2) is 46.2 Å². The van der Waals surface area contributed by atoms with E-state index < -0.39 is 5.97 Å². The number of carbonyl (C=O) groups is 1. The summed E-state index contributed by atoms with van der Waals surface area (Å²) in [4.78, 5) is 22.4. The van der Waals surface area contributed by atoms with E-state index in [0.29, 0.717) is 23.7 Å². The summed E-state index contributed by atoms with van der Waals surface area (Å²) in [6.07, 6.45) is 1.09. The number of aromatic nitrogens is 2. The zero-order chi connectivity index (χ0) is 15.1. The Morgan fingerprint density at radius 3 is 2.73 bits per heavy atom. The van der Waals surface area contributed by atoms with Crippen LogP contribution in [0.3, 0.4) is 0 Å². The number of carboxylic acid groups (broad SMARTS) is 1. The second-order valence-electron chi connectivity index (χ2n) is 5.75. The van der Waals surface area contributed by atoms with E-state index in [9.17, 15) is 9.90 Å². The highest BCUT2D eigenvalue weighted by molar-refractivity contribution is 5.87. The van der Waals surface area contributed by atoms with Gasteiger partial charge in [-0.25, -0.2) is 14.8 Å². The van der Waals surface area contributed by atoms with Crippen molar-refractivity contribution in [2.75, 3.05) is 18.0 Å². The summed E-state index contributed by atoms with van der Waals surface area (Å²) in [5, 5.41) is 12.8. The van der Waals surface area contributed by atoms with E-state index in [1.807, 2.05) is 30.3 Å². The van der Waals surface area contributed by atoms with Crippen LogP contribution in [-0.2, 0) is 0 Å². The quantitative estimate of drug-likeness (QED) is 0.891. The highest BCUT2D eigenvalue weighted by atomic mass is 16.4. The average Bonchev–Trinajstić information content (AvgIpc) is 3.18. The molecule has 2 saturated heterocycles. The minimum atomic E-state index is -1.02. The van der Waals surface area contributed by atoms with Gasteiger partial charge in [0.25, 0.3) is 0 Å². The van der Waals surface area contributed by atoms with Gasteiger partial charge in [-0.05, 0) is 6.42 Å². The molecule has 112 valence electrons. The van der Waals surface area contributed by atoms with Crippen LogP contribution in [0.1, 0.15) is 16.9 Å². The first-order chi connectivity index (χ1) is 10.7. The second kappa shape index (κ2) is 5.06. The minimum absolute atomic E-state index is 0.0413. The Morgan fingerprint density at radius 1 is 1.27 bits per heavy atom. The number of aromatic carboxylic acids is 1. The van der Waals surface area contributed by atoms with Gasteiger partial charge in [0.15, 0.2) is 11.5 Å². The van der Waals surface area contributed by atoms with Crippen LogP contribution in [0.5, 0.6) is 0 Å². The molecule has 0 amide bonds. The summed E-state index contributed by atoms with van der Waals surface area (Å²) in [5.41, 5.74) is 0.869. The highest BCUT2D eigenvalue weighted by Gasteiger charge is 2.38. The van der Waals surface area contributed by atoms with Crippen molar-refractivity contribution in [2.45, 2.75) is 18.5 Å². The minimum Gasteiger partial charge on any atom is -0.477 e. The smallest absolute Gasteiger partial charge is 0.354 e. The maximum Gasteiger partial charge on any atom is 0.354 e. The molecular weight excluding hydrogens is 280 g/mol. The number of benzene rings is 1. The highest BCUT2D eigenvalue weighted by Crippen LogP contribution is 2.29. The third-order valence-electron chi connectivity index (χ3n) is 4.31. The molecule has 1 aromatic heterocycles. The molecule has 6 heteroatoms. The van der Waals surface area contributed by atoms with E-state index >= 15 is 0 Å². The zero-order valence-corrected chi connectivity index (χ0v) is 11.9. The van der Waals surface area contributed by atoms with Crippen molar-refractivity contribution >= 4 is 11.8 Å². The summed E-state index contributed by atoms with van der Waals surface area (Å²) in [7, 11) is 0. The fourth-order valence-corrected chi connectivity index (χ4v) is 3.25. The number of nitrogens with one attached hydrogen (secondary N) is 1. The third-order valence-corrected chi connectivity index (χ3v) is 4.31. The van der Waals surface area contributed by atoms with Crippen LogP contribution < -0.4 is 10.2 Å². The summed E-state index contributed by atoms with van der Waals surface area (Å²) >= 11 is 0. The van der Waals surface area contributed by atoms with Gasteiger partial charge in [0.05, 0.1) is 0 Å². The number of carboxylic acids is 1. The molecule has 2 aliphatic rings. The van der Waals surface area contributed by atoms with Crippen LogP contribution in [0.25, 0.3) is 11.4 Å². The summed E-state index contributed by atoms with van der Waals surface area (Å²) < 4.78 is 0. The van der Waals surface area contributed by atoms with Crippen molar-refractivity contribution in [3.8, 4) is 11.4 Å². The summed E-state index contributed by atoms with van der Waals surface area (Å²) in [5.74, 6) is 0.148. The Hall–Kier alpha value is -2.47. The van der Waals surface area contributed by atoms with Crippen molar-refractivity contribution in [1.29, 1.82) is 0 Å². The standard InChI is InChI=1S/C16H16N4O2/c21-16(22)13-7-14(20-9-11-6-12(20)8-17-11)19-15(18-13)10-4-2-1-3-5-10/h1-5,7,11-12,17H,6,8-9H2,(H,21,22)/t11-,12-/m1/s1. The monoisotopic (exact) mass is 296 g/mol. The van der Waals surface area contributed by atoms with Gasteiger partial charge in [-0.2, -0.15) is 0 Å². The Balaban J connectivity index is 1.78. The maximum absolute atomic E-state index is 11.4. The first kappa shape index (κ1) is 13.2. The van der Waals surface area contributed by atoms with Crippen molar-refractivity contribution in [1.82, 2.24) is 15.3 Å². The van der Waals surface area contributed by atoms with Gasteiger partial charge in [0.2, 0.25) is 0 Å². The largest absolute Gasteiger partial charge is 0.477 e. The van der Waals surface area contributed by atoms with Gasteiger partial charge < -0.3 is 15.3 Å². The number of anilines is 1. The van der Waals surface area contributed by atoms with Crippen LogP contribution >= 0.6 is 0 Å². The van der Waals surface area contributed by atoms with Crippen molar-refractivity contribution < 1.29 is 9.90 Å². The lowest BCUT2D eigenvalue weighted by Crippen LogP contribution is -2.44. The second-order valence-corrected chi connectivity index (χ2v) is 5.75. The topological polar surface area (TPSA) is 78.4 Å². The molecule has 0 unspecified atom stereocenters. The molecule has 0 spiro atoms. The van der Waals surface area contributed by atoms with Gasteiger partial charge in [-0.3, -0.25) is 0 Å². The van der Waals surface area contributed by atoms with E-state index in [0.717, 1.165) is 25.1 Å². The number of hydrogen-bond acceptors (Lipinski definition) is 5. The molecule has 2 fully saturated rings. The van der Waals surface area contributed by atoms with Crippen molar-refractivity contribution in [2.24, 2.45) is 0 Å². The number of hydrogen-bond donors (Lipinski definition) is 2. The molecule has 6 nitrogen and oxygen atoms in total. The van der Waals surface area contributed by atoms with Gasteiger partial charge in [0, 0.05) is 36.8 Å². The molecule has 2 aliphatic heterocycles. The number of fused-ring (bicyclic) bond motifs is 2. The molecule has 3 heterocycles. The van der Waals surface area contributed by atoms with E-state index in [2.05, 4.69) is 20.2 Å². The summed E-state index contributed by atoms with van der Waals surface area (Å²) in [6.45, 7) is 1.80. The number of rotatable bonds is 3. The van der Waals surface area contributed by atoms with E-state index in [-0.39, 0.29) is 5.69 Å². The molecule has 4 rings (SSSR count). The van der Waals surface area contributed by atoms with Crippen LogP contribution in [0.4, 0.5) is 5.82 Å². The fourth-order valence-electron chi connectivity index (χ4n) is 3.25. The van der Waals surface area contributed by atoms with Crippen LogP contribution in [0, 0.1) is 0 Å². The van der Waals surface area contributed by atoms with E-state index in [1.54, 1.807) is 6.07 Å². The van der Waals surface area contributed by atoms with Crippen LogP contribution in [0.15, 0.2) is 36.4 Å². The average molecular weight is 296 g/mol. The molecule has 0 radical (unpaired) electrons. The first-order valence-electron chi connectivity index (χ1n) is 7.38. The Morgan fingerprint density at radius 2 is 2.09 bits per heavy atom. The first-order valence-corrected chi connectivity index (χ1v) is 7.38. The molecule has 2 atom stereocenters. The lowest BCUT2D eigenvalue weighted by atomic mass is 10.2. The van der Waals surface area contributed by atoms with Gasteiger partial charge in [-0.1, -0.05) is 30.3 Å². The number of nitrogens with zero attached hydrogens (tertiary/aromatic N) is 3. The molecule has 2 N–H and O–H groups in total. The van der Waals surface area contributed by atoms with E-state index in [4.69, 9.17) is 0 Å². The van der Waals surface area contributed by atoms with E-state index in [1.165, 1.54) is 0 Å². The predicted molar refractivity (Wildman–Crippen MR) is 82.0 cm³/mol. The Kier molecular flexibility index (Phi) is 3.04. The van der Waals surface area contributed by atoms with Crippen LogP contribution in [0.2, 0.25) is 0 Å². The third kappa shape index (κ3) is 2.21. The molecule has 22 heavy (non-hydrogen) atoms. The summed E-state index contributed by atoms with van der Waals surface area (Å²) in [6, 6.07) is 11.9. The molecule has 0 saturated carbocycles. The molecular formula is C16H16N4O2. The van der Waals surface area contributed by atoms with Gasteiger partial charge in [-0.15, -0.1) is 0 Å². The fraction of sp³-hybridized carbons (Fsp3) is 0.312. The SMILES string of the molecule is O=C(O)c1cc(N2C[C@H]3C[C@@H]2CN3)nc(-c2ccccc2)n1. The Bertz CT molecular complexity index is 719. The normalized spacial score (nSPS) is 23.0. The zero-order valence-electron chi connectivity index (χ0n) is 11.9. The molecule has 0 aliphatic carbocycles. The maximum atomic E-state index is 11.4. The molecule has 1 aromatic carbocycles.